The lowest BCUT2D eigenvalue weighted by molar-refractivity contribution is -0.121. The second-order valence-electron chi connectivity index (χ2n) is 6.21. The number of methoxy groups -OCH3 is 1. The Morgan fingerprint density at radius 3 is 2.50 bits per heavy atom. The van der Waals surface area contributed by atoms with Gasteiger partial charge < -0.3 is 14.8 Å². The van der Waals surface area contributed by atoms with Crippen LogP contribution in [0.5, 0.6) is 11.5 Å². The molecule has 0 aliphatic heterocycles. The molecule has 0 saturated heterocycles. The molecule has 0 atom stereocenters. The molecule has 152 valence electrons. The van der Waals surface area contributed by atoms with E-state index < -0.39 is 6.61 Å². The Hall–Kier alpha value is -2.48. The topological polar surface area (TPSA) is 64.6 Å². The van der Waals surface area contributed by atoms with Crippen LogP contribution in [0.3, 0.4) is 0 Å². The molecule has 1 N–H and O–H groups in total. The maximum absolute atomic E-state index is 12.5. The molecule has 0 saturated carbocycles. The number of hydrogen-bond donors (Lipinski definition) is 1. The highest BCUT2D eigenvalue weighted by Gasteiger charge is 2.14. The first kappa shape index (κ1) is 21.8. The molecule has 1 amide bonds. The molecule has 5 nitrogen and oxygen atoms in total. The van der Waals surface area contributed by atoms with Crippen molar-refractivity contribution < 1.29 is 27.8 Å². The van der Waals surface area contributed by atoms with Gasteiger partial charge in [0.25, 0.3) is 0 Å². The molecule has 0 fully saturated rings. The molecule has 0 unspecified atom stereocenters. The molecule has 0 radical (unpaired) electrons. The van der Waals surface area contributed by atoms with Crippen molar-refractivity contribution in [3.05, 3.63) is 45.1 Å². The second kappa shape index (κ2) is 10.2. The first-order valence-corrected chi connectivity index (χ1v) is 9.60. The third kappa shape index (κ3) is 6.30. The van der Waals surface area contributed by atoms with Crippen molar-refractivity contribution in [3.8, 4) is 11.5 Å². The summed E-state index contributed by atoms with van der Waals surface area (Å²) in [5.41, 5.74) is 1.40. The summed E-state index contributed by atoms with van der Waals surface area (Å²) in [5, 5.41) is 2.74. The van der Waals surface area contributed by atoms with Gasteiger partial charge >= 0.3 is 6.61 Å². The van der Waals surface area contributed by atoms with E-state index in [2.05, 4.69) is 10.1 Å². The average molecular weight is 411 g/mol. The third-order valence-corrected chi connectivity index (χ3v) is 5.07. The van der Waals surface area contributed by atoms with Gasteiger partial charge in [-0.2, -0.15) is 8.78 Å². The highest BCUT2D eigenvalue weighted by Crippen LogP contribution is 2.29. The van der Waals surface area contributed by atoms with Crippen LogP contribution in [0.2, 0.25) is 0 Å². The van der Waals surface area contributed by atoms with Crippen LogP contribution >= 0.6 is 11.3 Å². The van der Waals surface area contributed by atoms with Crippen molar-refractivity contribution in [1.82, 2.24) is 5.32 Å². The minimum absolute atomic E-state index is 0.0408. The Bertz CT molecular complexity index is 836. The van der Waals surface area contributed by atoms with Gasteiger partial charge in [-0.3, -0.25) is 9.59 Å². The van der Waals surface area contributed by atoms with E-state index in [9.17, 15) is 18.4 Å². The number of halogens is 2. The predicted octanol–water partition coefficient (Wildman–Crippen LogP) is 4.30. The van der Waals surface area contributed by atoms with E-state index >= 15 is 0 Å². The number of aryl methyl sites for hydroxylation is 2. The number of thiophene rings is 1. The maximum Gasteiger partial charge on any atom is 0.387 e. The molecule has 0 aliphatic carbocycles. The summed E-state index contributed by atoms with van der Waals surface area (Å²) < 4.78 is 34.4. The molecule has 1 aromatic carbocycles. The number of ether oxygens (including phenoxy) is 2. The standard InChI is InChI=1S/C20H23F2NO4S/c1-12-10-15(13(2)28-12)16(24)5-7-19(25)23-9-8-14-4-6-17(26-3)18(11-14)27-20(21)22/h4,6,10-11,20H,5,7-9H2,1-3H3,(H,23,25). The molecular formula is C20H23F2NO4S. The molecule has 2 aromatic rings. The van der Waals surface area contributed by atoms with Gasteiger partial charge in [0, 0.05) is 34.7 Å². The van der Waals surface area contributed by atoms with Gasteiger partial charge in [0.15, 0.2) is 17.3 Å². The van der Waals surface area contributed by atoms with Crippen molar-refractivity contribution in [1.29, 1.82) is 0 Å². The van der Waals surface area contributed by atoms with Crippen LogP contribution in [-0.4, -0.2) is 32.0 Å². The number of hydrogen-bond acceptors (Lipinski definition) is 5. The average Bonchev–Trinajstić information content (AvgIpc) is 2.97. The van der Waals surface area contributed by atoms with E-state index in [1.807, 2.05) is 19.9 Å². The van der Waals surface area contributed by atoms with E-state index in [4.69, 9.17) is 4.74 Å². The van der Waals surface area contributed by atoms with Gasteiger partial charge in [0.05, 0.1) is 7.11 Å². The molecule has 1 heterocycles. The van der Waals surface area contributed by atoms with E-state index in [1.54, 1.807) is 23.5 Å². The fourth-order valence-corrected chi connectivity index (χ4v) is 3.71. The normalized spacial score (nSPS) is 10.8. The molecule has 1 aromatic heterocycles. The Morgan fingerprint density at radius 1 is 1.14 bits per heavy atom. The second-order valence-corrected chi connectivity index (χ2v) is 7.67. The number of amides is 1. The van der Waals surface area contributed by atoms with Crippen LogP contribution in [0.25, 0.3) is 0 Å². The predicted molar refractivity (Wildman–Crippen MR) is 104 cm³/mol. The first-order valence-electron chi connectivity index (χ1n) is 8.78. The fraction of sp³-hybridized carbons (Fsp3) is 0.400. The smallest absolute Gasteiger partial charge is 0.387 e. The van der Waals surface area contributed by atoms with E-state index in [0.29, 0.717) is 18.5 Å². The summed E-state index contributed by atoms with van der Waals surface area (Å²) in [7, 11) is 1.37. The van der Waals surface area contributed by atoms with Gasteiger partial charge in [0.1, 0.15) is 0 Å². The number of carbonyl (C=O) groups is 2. The van der Waals surface area contributed by atoms with Crippen LogP contribution < -0.4 is 14.8 Å². The van der Waals surface area contributed by atoms with Crippen LogP contribution in [-0.2, 0) is 11.2 Å². The summed E-state index contributed by atoms with van der Waals surface area (Å²) in [5.74, 6) is -0.102. The molecule has 28 heavy (non-hydrogen) atoms. The third-order valence-electron chi connectivity index (χ3n) is 4.10. The van der Waals surface area contributed by atoms with Crippen LogP contribution in [0.4, 0.5) is 8.78 Å². The number of carbonyl (C=O) groups excluding carboxylic acids is 2. The summed E-state index contributed by atoms with van der Waals surface area (Å²) in [6.07, 6.45) is 0.694. The Balaban J connectivity index is 1.80. The molecule has 0 spiro atoms. The quantitative estimate of drug-likeness (QED) is 0.592. The van der Waals surface area contributed by atoms with Gasteiger partial charge in [0.2, 0.25) is 5.91 Å². The number of ketones is 1. The zero-order chi connectivity index (χ0) is 20.7. The number of alkyl halides is 2. The van der Waals surface area contributed by atoms with Crippen molar-refractivity contribution in [2.45, 2.75) is 39.7 Å². The summed E-state index contributed by atoms with van der Waals surface area (Å²) >= 11 is 1.56. The lowest BCUT2D eigenvalue weighted by atomic mass is 10.1. The Labute approximate surface area is 166 Å². The lowest BCUT2D eigenvalue weighted by Crippen LogP contribution is -2.26. The number of Topliss-reactive ketones (excluding diaryl/α,β-unsaturated/α-hetero) is 1. The highest BCUT2D eigenvalue weighted by atomic mass is 32.1. The molecular weight excluding hydrogens is 388 g/mol. The van der Waals surface area contributed by atoms with E-state index in [-0.39, 0.29) is 36.0 Å². The monoisotopic (exact) mass is 411 g/mol. The summed E-state index contributed by atoms with van der Waals surface area (Å²) in [6, 6.07) is 6.57. The maximum atomic E-state index is 12.5. The molecule has 0 aliphatic rings. The van der Waals surface area contributed by atoms with E-state index in [1.165, 1.54) is 13.2 Å². The minimum atomic E-state index is -2.95. The van der Waals surface area contributed by atoms with Gasteiger partial charge in [-0.25, -0.2) is 0 Å². The molecule has 8 heteroatoms. The number of nitrogens with one attached hydrogen (secondary N) is 1. The zero-order valence-electron chi connectivity index (χ0n) is 16.0. The van der Waals surface area contributed by atoms with Crippen LogP contribution in [0.15, 0.2) is 24.3 Å². The molecule has 0 bridgehead atoms. The van der Waals surface area contributed by atoms with Gasteiger partial charge in [-0.05, 0) is 44.0 Å². The van der Waals surface area contributed by atoms with Crippen molar-refractivity contribution >= 4 is 23.0 Å². The van der Waals surface area contributed by atoms with Crippen molar-refractivity contribution in [3.63, 3.8) is 0 Å². The summed E-state index contributed by atoms with van der Waals surface area (Å²) in [4.78, 5) is 26.2. The summed E-state index contributed by atoms with van der Waals surface area (Å²) in [6.45, 7) is 1.21. The fourth-order valence-electron chi connectivity index (χ4n) is 2.77. The SMILES string of the molecule is COc1ccc(CCNC(=O)CCC(=O)c2cc(C)sc2C)cc1OC(F)F. The van der Waals surface area contributed by atoms with Crippen LogP contribution in [0.1, 0.15) is 38.5 Å². The first-order chi connectivity index (χ1) is 13.3. The van der Waals surface area contributed by atoms with Gasteiger partial charge in [-0.15, -0.1) is 11.3 Å². The minimum Gasteiger partial charge on any atom is -0.493 e. The van der Waals surface area contributed by atoms with Crippen molar-refractivity contribution in [2.75, 3.05) is 13.7 Å². The number of rotatable bonds is 10. The van der Waals surface area contributed by atoms with Crippen molar-refractivity contribution in [2.24, 2.45) is 0 Å². The highest BCUT2D eigenvalue weighted by molar-refractivity contribution is 7.12. The van der Waals surface area contributed by atoms with Gasteiger partial charge in [-0.1, -0.05) is 6.07 Å². The molecule has 2 rings (SSSR count). The zero-order valence-corrected chi connectivity index (χ0v) is 16.8. The van der Waals surface area contributed by atoms with E-state index in [0.717, 1.165) is 15.3 Å². The Kier molecular flexibility index (Phi) is 7.92. The largest absolute Gasteiger partial charge is 0.493 e. The Morgan fingerprint density at radius 2 is 1.89 bits per heavy atom. The lowest BCUT2D eigenvalue weighted by Gasteiger charge is -2.12. The van der Waals surface area contributed by atoms with Crippen LogP contribution in [0, 0.1) is 13.8 Å². The number of benzene rings is 1.